The zero-order chi connectivity index (χ0) is 23.5. The van der Waals surface area contributed by atoms with E-state index in [0.717, 1.165) is 61.1 Å². The molecule has 0 amide bonds. The van der Waals surface area contributed by atoms with Crippen LogP contribution >= 0.6 is 0 Å². The molecule has 1 aliphatic heterocycles. The molecule has 4 heterocycles. The van der Waals surface area contributed by atoms with Crippen LogP contribution in [0.1, 0.15) is 93.0 Å². The molecule has 1 aliphatic carbocycles. The van der Waals surface area contributed by atoms with E-state index in [-0.39, 0.29) is 6.04 Å². The van der Waals surface area contributed by atoms with Gasteiger partial charge >= 0.3 is 0 Å². The van der Waals surface area contributed by atoms with Crippen LogP contribution in [-0.2, 0) is 11.3 Å². The van der Waals surface area contributed by atoms with Crippen LogP contribution < -0.4 is 5.32 Å². The Morgan fingerprint density at radius 1 is 1.15 bits per heavy atom. The van der Waals surface area contributed by atoms with Crippen molar-refractivity contribution in [3.63, 3.8) is 0 Å². The average molecular weight is 464 g/mol. The van der Waals surface area contributed by atoms with Gasteiger partial charge in [-0.15, -0.1) is 0 Å². The van der Waals surface area contributed by atoms with Crippen molar-refractivity contribution in [2.75, 3.05) is 13.2 Å². The summed E-state index contributed by atoms with van der Waals surface area (Å²) in [6, 6.07) is 2.10. The van der Waals surface area contributed by atoms with Gasteiger partial charge in [0.1, 0.15) is 0 Å². The van der Waals surface area contributed by atoms with Gasteiger partial charge in [0.15, 0.2) is 0 Å². The lowest BCUT2D eigenvalue weighted by Crippen LogP contribution is -2.28. The summed E-state index contributed by atoms with van der Waals surface area (Å²) in [6.45, 7) is 10.9. The molecule has 1 N–H and O–H groups in total. The number of ether oxygens (including phenoxy) is 1. The van der Waals surface area contributed by atoms with Crippen molar-refractivity contribution in [2.24, 2.45) is 5.92 Å². The molecule has 34 heavy (non-hydrogen) atoms. The van der Waals surface area contributed by atoms with Crippen molar-refractivity contribution in [1.82, 2.24) is 34.7 Å². The molecule has 3 aromatic rings. The fourth-order valence-corrected chi connectivity index (χ4v) is 5.62. The lowest BCUT2D eigenvalue weighted by Gasteiger charge is -2.27. The van der Waals surface area contributed by atoms with Gasteiger partial charge in [-0.1, -0.05) is 32.3 Å². The van der Waals surface area contributed by atoms with Crippen molar-refractivity contribution in [3.8, 4) is 0 Å². The first kappa shape index (κ1) is 23.0. The maximum absolute atomic E-state index is 5.55. The average Bonchev–Trinajstić information content (AvgIpc) is 3.41. The summed E-state index contributed by atoms with van der Waals surface area (Å²) in [4.78, 5) is 10.0. The number of hydrogen-bond donors (Lipinski definition) is 1. The molecule has 1 saturated carbocycles. The highest BCUT2D eigenvalue weighted by molar-refractivity contribution is 5.59. The van der Waals surface area contributed by atoms with E-state index in [1.807, 2.05) is 21.5 Å². The summed E-state index contributed by atoms with van der Waals surface area (Å²) >= 11 is 0. The van der Waals surface area contributed by atoms with E-state index in [9.17, 15) is 0 Å². The molecule has 3 aromatic heterocycles. The van der Waals surface area contributed by atoms with Crippen molar-refractivity contribution in [3.05, 3.63) is 47.8 Å². The highest BCUT2D eigenvalue weighted by atomic mass is 16.5. The molecule has 8 nitrogen and oxygen atoms in total. The SMILES string of the molecule is C=C(NC(c1cn2nc(C)c(C3CCOCC3)nc2n1)C1CCCCCC1)c1ccnn1CC. The second-order valence-electron chi connectivity index (χ2n) is 9.76. The first-order valence-corrected chi connectivity index (χ1v) is 12.9. The van der Waals surface area contributed by atoms with Gasteiger partial charge in [-0.3, -0.25) is 4.68 Å². The van der Waals surface area contributed by atoms with Crippen LogP contribution in [0, 0.1) is 12.8 Å². The first-order chi connectivity index (χ1) is 16.6. The van der Waals surface area contributed by atoms with Crippen LogP contribution in [0.3, 0.4) is 0 Å². The number of imidazole rings is 1. The van der Waals surface area contributed by atoms with E-state index in [2.05, 4.69) is 37.0 Å². The molecule has 5 rings (SSSR count). The van der Waals surface area contributed by atoms with Gasteiger partial charge in [0.05, 0.1) is 40.7 Å². The van der Waals surface area contributed by atoms with Crippen LogP contribution in [0.15, 0.2) is 25.0 Å². The van der Waals surface area contributed by atoms with Crippen LogP contribution in [0.5, 0.6) is 0 Å². The summed E-state index contributed by atoms with van der Waals surface area (Å²) in [5.41, 5.74) is 4.98. The fourth-order valence-electron chi connectivity index (χ4n) is 5.62. The highest BCUT2D eigenvalue weighted by Gasteiger charge is 2.29. The Hall–Kier alpha value is -2.74. The molecule has 1 unspecified atom stereocenters. The minimum absolute atomic E-state index is 0.0705. The normalized spacial score (nSPS) is 19.2. The Balaban J connectivity index is 1.48. The summed E-state index contributed by atoms with van der Waals surface area (Å²) in [5.74, 6) is 1.58. The van der Waals surface area contributed by atoms with Gasteiger partial charge in [-0.05, 0) is 51.5 Å². The maximum Gasteiger partial charge on any atom is 0.251 e. The summed E-state index contributed by atoms with van der Waals surface area (Å²) in [6.07, 6.45) is 13.4. The molecule has 1 atom stereocenters. The number of hydrogen-bond acceptors (Lipinski definition) is 6. The van der Waals surface area contributed by atoms with Gasteiger partial charge in [0, 0.05) is 31.9 Å². The summed E-state index contributed by atoms with van der Waals surface area (Å²) in [5, 5.41) is 13.0. The fraction of sp³-hybridized carbons (Fsp3) is 0.615. The predicted molar refractivity (Wildman–Crippen MR) is 132 cm³/mol. The molecule has 182 valence electrons. The van der Waals surface area contributed by atoms with Crippen molar-refractivity contribution in [2.45, 2.75) is 83.7 Å². The van der Waals surface area contributed by atoms with E-state index >= 15 is 0 Å². The van der Waals surface area contributed by atoms with E-state index in [1.165, 1.54) is 38.5 Å². The number of aromatic nitrogens is 6. The molecular formula is C26H37N7O. The van der Waals surface area contributed by atoms with Gasteiger partial charge in [0.2, 0.25) is 0 Å². The second kappa shape index (κ2) is 10.3. The van der Waals surface area contributed by atoms with Crippen LogP contribution in [0.4, 0.5) is 0 Å². The topological polar surface area (TPSA) is 82.2 Å². The second-order valence-corrected chi connectivity index (χ2v) is 9.76. The molecule has 0 spiro atoms. The van der Waals surface area contributed by atoms with Crippen LogP contribution in [0.25, 0.3) is 11.5 Å². The van der Waals surface area contributed by atoms with Crippen LogP contribution in [0.2, 0.25) is 0 Å². The smallest absolute Gasteiger partial charge is 0.251 e. The highest BCUT2D eigenvalue weighted by Crippen LogP contribution is 2.35. The third-order valence-electron chi connectivity index (χ3n) is 7.49. The van der Waals surface area contributed by atoms with Crippen molar-refractivity contribution >= 4 is 11.5 Å². The maximum atomic E-state index is 5.55. The quantitative estimate of drug-likeness (QED) is 0.506. The third kappa shape index (κ3) is 4.73. The summed E-state index contributed by atoms with van der Waals surface area (Å²) in [7, 11) is 0. The monoisotopic (exact) mass is 463 g/mol. The minimum Gasteiger partial charge on any atom is -0.381 e. The van der Waals surface area contributed by atoms with Gasteiger partial charge in [-0.2, -0.15) is 10.2 Å². The minimum atomic E-state index is 0.0705. The Labute approximate surface area is 201 Å². The lowest BCUT2D eigenvalue weighted by molar-refractivity contribution is 0.0842. The molecule has 2 fully saturated rings. The lowest BCUT2D eigenvalue weighted by atomic mass is 9.89. The third-order valence-corrected chi connectivity index (χ3v) is 7.49. The van der Waals surface area contributed by atoms with E-state index in [0.29, 0.717) is 17.6 Å². The summed E-state index contributed by atoms with van der Waals surface area (Å²) < 4.78 is 9.39. The largest absolute Gasteiger partial charge is 0.381 e. The van der Waals surface area contributed by atoms with Crippen LogP contribution in [-0.4, -0.2) is 42.6 Å². The standard InChI is InChI=1S/C26H37N7O/c1-4-32-23(11-14-27-32)18(2)28-25(20-9-7-5-6-8-10-20)22-17-33-26(29-22)30-24(19(3)31-33)21-12-15-34-16-13-21/h11,14,17,20-21,25,28H,2,4-10,12-13,15-16H2,1,3H3. The van der Waals surface area contributed by atoms with E-state index in [4.69, 9.17) is 19.8 Å². The Kier molecular flexibility index (Phi) is 6.94. The van der Waals surface area contributed by atoms with Gasteiger partial charge in [0.25, 0.3) is 5.78 Å². The molecule has 0 aromatic carbocycles. The van der Waals surface area contributed by atoms with Crippen molar-refractivity contribution < 1.29 is 4.74 Å². The molecule has 0 radical (unpaired) electrons. The first-order valence-electron chi connectivity index (χ1n) is 12.9. The molecular weight excluding hydrogens is 426 g/mol. The Morgan fingerprint density at radius 3 is 2.65 bits per heavy atom. The van der Waals surface area contributed by atoms with Crippen molar-refractivity contribution in [1.29, 1.82) is 0 Å². The molecule has 1 saturated heterocycles. The van der Waals surface area contributed by atoms with E-state index < -0.39 is 0 Å². The molecule has 8 heteroatoms. The Morgan fingerprint density at radius 2 is 1.91 bits per heavy atom. The number of aryl methyl sites for hydroxylation is 2. The van der Waals surface area contributed by atoms with Gasteiger partial charge in [-0.25, -0.2) is 14.5 Å². The number of nitrogens with zero attached hydrogens (tertiary/aromatic N) is 6. The number of nitrogens with one attached hydrogen (secondary N) is 1. The van der Waals surface area contributed by atoms with Gasteiger partial charge < -0.3 is 10.1 Å². The zero-order valence-corrected chi connectivity index (χ0v) is 20.5. The predicted octanol–water partition coefficient (Wildman–Crippen LogP) is 4.82. The number of rotatable bonds is 7. The number of fused-ring (bicyclic) bond motifs is 1. The van der Waals surface area contributed by atoms with E-state index in [1.54, 1.807) is 0 Å². The Bertz CT molecular complexity index is 1120. The zero-order valence-electron chi connectivity index (χ0n) is 20.5. The molecule has 2 aliphatic rings. The molecule has 0 bridgehead atoms.